The van der Waals surface area contributed by atoms with Crippen LogP contribution < -0.4 is 5.32 Å². The normalized spacial score (nSPS) is 10.8. The minimum absolute atomic E-state index is 0.0726. The zero-order valence-electron chi connectivity index (χ0n) is 13.9. The van der Waals surface area contributed by atoms with Crippen LogP contribution in [0.15, 0.2) is 48.5 Å². The van der Waals surface area contributed by atoms with Gasteiger partial charge in [0.2, 0.25) is 5.91 Å². The fourth-order valence-electron chi connectivity index (χ4n) is 2.52. The molecule has 3 aromatic rings. The molecule has 1 amide bonds. The molecule has 0 unspecified atom stereocenters. The molecule has 0 saturated heterocycles. The van der Waals surface area contributed by atoms with E-state index < -0.39 is 0 Å². The number of nitrogens with zero attached hydrogens (tertiary/aromatic N) is 3. The molecule has 0 aliphatic heterocycles. The lowest BCUT2D eigenvalue weighted by Gasteiger charge is -2.14. The van der Waals surface area contributed by atoms with Crippen molar-refractivity contribution in [3.63, 3.8) is 0 Å². The molecular formula is C19H18N4OS. The number of nitriles is 1. The quantitative estimate of drug-likeness (QED) is 0.739. The number of benzene rings is 2. The topological polar surface area (TPSA) is 69.0 Å². The van der Waals surface area contributed by atoms with Gasteiger partial charge in [-0.2, -0.15) is 5.26 Å². The van der Waals surface area contributed by atoms with Gasteiger partial charge in [-0.1, -0.05) is 24.3 Å². The summed E-state index contributed by atoms with van der Waals surface area (Å²) < 4.78 is 1.16. The number of fused-ring (bicyclic) bond motifs is 1. The highest BCUT2D eigenvalue weighted by Gasteiger charge is 2.10. The van der Waals surface area contributed by atoms with E-state index in [1.165, 1.54) is 0 Å². The maximum Gasteiger partial charge on any atom is 0.238 e. The van der Waals surface area contributed by atoms with Gasteiger partial charge >= 0.3 is 0 Å². The second-order valence-electron chi connectivity index (χ2n) is 5.83. The number of rotatable bonds is 6. The van der Waals surface area contributed by atoms with E-state index in [9.17, 15) is 4.79 Å². The molecule has 0 aliphatic rings. The zero-order chi connectivity index (χ0) is 17.6. The number of carbonyl (C=O) groups excluding carboxylic acids is 1. The lowest BCUT2D eigenvalue weighted by Crippen LogP contribution is -2.29. The predicted octanol–water partition coefficient (Wildman–Crippen LogP) is 3.43. The molecule has 1 heterocycles. The van der Waals surface area contributed by atoms with Crippen molar-refractivity contribution in [3.8, 4) is 6.07 Å². The van der Waals surface area contributed by atoms with Gasteiger partial charge in [0.1, 0.15) is 5.01 Å². The van der Waals surface area contributed by atoms with Crippen LogP contribution in [0.1, 0.15) is 10.6 Å². The Kier molecular flexibility index (Phi) is 5.39. The van der Waals surface area contributed by atoms with Gasteiger partial charge < -0.3 is 5.32 Å². The molecule has 25 heavy (non-hydrogen) atoms. The lowest BCUT2D eigenvalue weighted by molar-refractivity contribution is -0.117. The van der Waals surface area contributed by atoms with E-state index in [1.807, 2.05) is 54.4 Å². The second-order valence-corrected chi connectivity index (χ2v) is 6.94. The first-order chi connectivity index (χ1) is 12.1. The van der Waals surface area contributed by atoms with Crippen LogP contribution in [0.2, 0.25) is 0 Å². The number of thiazole rings is 1. The number of likely N-dealkylation sites (N-methyl/N-ethyl adjacent to an activating group) is 1. The standard InChI is InChI=1S/C19H18N4OS/c1-23(13-19-22-16-4-2-3-5-17(16)25-19)12-18(24)21-15-8-6-14(7-9-15)10-11-20/h2-9H,10,12-13H2,1H3,(H,21,24). The van der Waals surface area contributed by atoms with Gasteiger partial charge in [-0.15, -0.1) is 11.3 Å². The summed E-state index contributed by atoms with van der Waals surface area (Å²) in [4.78, 5) is 18.7. The Labute approximate surface area is 150 Å². The van der Waals surface area contributed by atoms with Crippen LogP contribution in [0.3, 0.4) is 0 Å². The van der Waals surface area contributed by atoms with Gasteiger partial charge in [-0.3, -0.25) is 9.69 Å². The van der Waals surface area contributed by atoms with E-state index >= 15 is 0 Å². The Balaban J connectivity index is 1.54. The third kappa shape index (κ3) is 4.63. The van der Waals surface area contributed by atoms with Gasteiger partial charge in [0.15, 0.2) is 0 Å². The molecule has 0 bridgehead atoms. The van der Waals surface area contributed by atoms with Crippen LogP contribution in [-0.2, 0) is 17.8 Å². The summed E-state index contributed by atoms with van der Waals surface area (Å²) in [7, 11) is 1.90. The van der Waals surface area contributed by atoms with Crippen molar-refractivity contribution in [1.82, 2.24) is 9.88 Å². The molecule has 0 spiro atoms. The summed E-state index contributed by atoms with van der Waals surface area (Å²) in [6.07, 6.45) is 0.374. The second kappa shape index (κ2) is 7.88. The largest absolute Gasteiger partial charge is 0.325 e. The van der Waals surface area contributed by atoms with Crippen LogP contribution >= 0.6 is 11.3 Å². The smallest absolute Gasteiger partial charge is 0.238 e. The molecule has 5 nitrogen and oxygen atoms in total. The maximum absolute atomic E-state index is 12.2. The summed E-state index contributed by atoms with van der Waals surface area (Å²) in [5.41, 5.74) is 2.67. The number of hydrogen-bond acceptors (Lipinski definition) is 5. The van der Waals surface area contributed by atoms with Crippen LogP contribution in [0, 0.1) is 11.3 Å². The fraction of sp³-hybridized carbons (Fsp3) is 0.211. The molecule has 2 aromatic carbocycles. The van der Waals surface area contributed by atoms with Gasteiger partial charge in [0.05, 0.1) is 35.8 Å². The summed E-state index contributed by atoms with van der Waals surface area (Å²) in [6.45, 7) is 0.920. The minimum atomic E-state index is -0.0726. The van der Waals surface area contributed by atoms with E-state index in [-0.39, 0.29) is 12.5 Å². The first kappa shape index (κ1) is 17.1. The maximum atomic E-state index is 12.2. The molecule has 3 rings (SSSR count). The lowest BCUT2D eigenvalue weighted by atomic mass is 10.1. The highest BCUT2D eigenvalue weighted by molar-refractivity contribution is 7.18. The van der Waals surface area contributed by atoms with Crippen molar-refractivity contribution < 1.29 is 4.79 Å². The third-order valence-electron chi connectivity index (χ3n) is 3.68. The van der Waals surface area contributed by atoms with Crippen molar-refractivity contribution in [2.75, 3.05) is 18.9 Å². The summed E-state index contributed by atoms with van der Waals surface area (Å²) >= 11 is 1.65. The minimum Gasteiger partial charge on any atom is -0.325 e. The van der Waals surface area contributed by atoms with Crippen molar-refractivity contribution in [2.24, 2.45) is 0 Å². The van der Waals surface area contributed by atoms with Crippen LogP contribution in [0.5, 0.6) is 0 Å². The molecule has 0 aliphatic carbocycles. The van der Waals surface area contributed by atoms with Crippen LogP contribution in [-0.4, -0.2) is 29.4 Å². The molecular weight excluding hydrogens is 332 g/mol. The van der Waals surface area contributed by atoms with E-state index in [0.29, 0.717) is 13.0 Å². The van der Waals surface area contributed by atoms with E-state index in [1.54, 1.807) is 11.3 Å². The molecule has 0 radical (unpaired) electrons. The first-order valence-corrected chi connectivity index (χ1v) is 8.74. The SMILES string of the molecule is CN(CC(=O)Nc1ccc(CC#N)cc1)Cc1nc2ccccc2s1. The first-order valence-electron chi connectivity index (χ1n) is 7.93. The average molecular weight is 350 g/mol. The molecule has 0 fully saturated rings. The average Bonchev–Trinajstić information content (AvgIpc) is 2.98. The molecule has 6 heteroatoms. The van der Waals surface area contributed by atoms with Gasteiger partial charge in [0.25, 0.3) is 0 Å². The Morgan fingerprint density at radius 3 is 2.72 bits per heavy atom. The van der Waals surface area contributed by atoms with Gasteiger partial charge in [-0.05, 0) is 36.9 Å². The molecule has 126 valence electrons. The van der Waals surface area contributed by atoms with E-state index in [2.05, 4.69) is 22.4 Å². The third-order valence-corrected chi connectivity index (χ3v) is 4.70. The van der Waals surface area contributed by atoms with Crippen molar-refractivity contribution in [3.05, 3.63) is 59.1 Å². The number of carbonyl (C=O) groups is 1. The Hall–Kier alpha value is -2.75. The van der Waals surface area contributed by atoms with E-state index in [0.717, 1.165) is 26.5 Å². The number of aromatic nitrogens is 1. The number of anilines is 1. The Morgan fingerprint density at radius 2 is 2.00 bits per heavy atom. The van der Waals surface area contributed by atoms with Gasteiger partial charge in [-0.25, -0.2) is 4.98 Å². The molecule has 1 N–H and O–H groups in total. The van der Waals surface area contributed by atoms with Crippen LogP contribution in [0.25, 0.3) is 10.2 Å². The molecule has 1 aromatic heterocycles. The predicted molar refractivity (Wildman–Crippen MR) is 100 cm³/mol. The summed E-state index contributed by atoms with van der Waals surface area (Å²) in [5.74, 6) is -0.0726. The Bertz CT molecular complexity index is 878. The highest BCUT2D eigenvalue weighted by Crippen LogP contribution is 2.22. The van der Waals surface area contributed by atoms with Gasteiger partial charge in [0, 0.05) is 5.69 Å². The summed E-state index contributed by atoms with van der Waals surface area (Å²) in [5, 5.41) is 12.5. The Morgan fingerprint density at radius 1 is 1.24 bits per heavy atom. The molecule has 0 saturated carbocycles. The van der Waals surface area contributed by atoms with Crippen LogP contribution in [0.4, 0.5) is 5.69 Å². The monoisotopic (exact) mass is 350 g/mol. The number of para-hydroxylation sites is 1. The zero-order valence-corrected chi connectivity index (χ0v) is 14.7. The molecule has 0 atom stereocenters. The number of hydrogen-bond donors (Lipinski definition) is 1. The fourth-order valence-corrected chi connectivity index (χ4v) is 3.56. The summed E-state index contributed by atoms with van der Waals surface area (Å²) in [6, 6.07) is 17.5. The van der Waals surface area contributed by atoms with E-state index in [4.69, 9.17) is 5.26 Å². The van der Waals surface area contributed by atoms with Crippen molar-refractivity contribution in [1.29, 1.82) is 5.26 Å². The van der Waals surface area contributed by atoms with Crippen molar-refractivity contribution in [2.45, 2.75) is 13.0 Å². The number of nitrogens with one attached hydrogen (secondary N) is 1. The highest BCUT2D eigenvalue weighted by atomic mass is 32.1. The van der Waals surface area contributed by atoms with Crippen molar-refractivity contribution >= 4 is 33.1 Å². The number of amides is 1.